The second-order valence-corrected chi connectivity index (χ2v) is 13.7. The van der Waals surface area contributed by atoms with E-state index in [-0.39, 0.29) is 0 Å². The average molecular weight is 684 g/mol. The van der Waals surface area contributed by atoms with Crippen molar-refractivity contribution in [2.75, 3.05) is 81.6 Å². The first kappa shape index (κ1) is 37.4. The normalized spacial score (nSPS) is 12.3. The fourth-order valence-electron chi connectivity index (χ4n) is 5.68. The highest BCUT2D eigenvalue weighted by atomic mass is 15.1. The Morgan fingerprint density at radius 3 is 1.41 bits per heavy atom. The van der Waals surface area contributed by atoms with E-state index in [1.807, 2.05) is 18.6 Å². The molecule has 5 aromatic rings. The molecule has 2 aromatic heterocycles. The second-order valence-electron chi connectivity index (χ2n) is 13.7. The molecule has 9 heteroatoms. The average Bonchev–Trinajstić information content (AvgIpc) is 3.55. The SMILES string of the molecule is CN(C)CCCN=Cc1ccc(-c2nc(-c3ccc(C=NCCCN(C)C)cc3)c3ccn(-c4ccc(C=NCCCN(C)C)cc4)c3n2)cc1. The molecule has 0 aliphatic carbocycles. The molecule has 5 rings (SSSR count). The van der Waals surface area contributed by atoms with Crippen LogP contribution in [-0.4, -0.2) is 129 Å². The molecule has 0 spiro atoms. The van der Waals surface area contributed by atoms with Crippen LogP contribution < -0.4 is 0 Å². The van der Waals surface area contributed by atoms with E-state index in [2.05, 4.69) is 162 Å². The van der Waals surface area contributed by atoms with Crippen LogP contribution in [-0.2, 0) is 0 Å². The highest BCUT2D eigenvalue weighted by molar-refractivity contribution is 5.94. The zero-order valence-electron chi connectivity index (χ0n) is 31.2. The number of rotatable bonds is 18. The van der Waals surface area contributed by atoms with Crippen LogP contribution in [0.5, 0.6) is 0 Å². The van der Waals surface area contributed by atoms with E-state index in [1.165, 1.54) is 0 Å². The number of fused-ring (bicyclic) bond motifs is 1. The van der Waals surface area contributed by atoms with Crippen molar-refractivity contribution in [2.45, 2.75) is 19.3 Å². The van der Waals surface area contributed by atoms with Gasteiger partial charge in [-0.05, 0) is 116 Å². The molecule has 0 aliphatic rings. The van der Waals surface area contributed by atoms with Gasteiger partial charge >= 0.3 is 0 Å². The molecule has 0 N–H and O–H groups in total. The maximum absolute atomic E-state index is 5.17. The van der Waals surface area contributed by atoms with Gasteiger partial charge in [0.05, 0.1) is 5.69 Å². The topological polar surface area (TPSA) is 77.5 Å². The van der Waals surface area contributed by atoms with E-state index in [4.69, 9.17) is 9.97 Å². The lowest BCUT2D eigenvalue weighted by molar-refractivity contribution is 0.403. The molecular formula is C42H53N9. The number of aromatic nitrogens is 3. The van der Waals surface area contributed by atoms with Gasteiger partial charge in [-0.15, -0.1) is 0 Å². The minimum Gasteiger partial charge on any atom is -0.309 e. The second kappa shape index (κ2) is 19.0. The summed E-state index contributed by atoms with van der Waals surface area (Å²) in [6.45, 7) is 5.54. The third kappa shape index (κ3) is 11.3. The molecule has 0 atom stereocenters. The summed E-state index contributed by atoms with van der Waals surface area (Å²) < 4.78 is 2.14. The van der Waals surface area contributed by atoms with Crippen LogP contribution in [0.4, 0.5) is 0 Å². The first-order chi connectivity index (χ1) is 24.8. The van der Waals surface area contributed by atoms with E-state index in [0.29, 0.717) is 5.82 Å². The van der Waals surface area contributed by atoms with Gasteiger partial charge in [0.25, 0.3) is 0 Å². The molecular weight excluding hydrogens is 631 g/mol. The van der Waals surface area contributed by atoms with Gasteiger partial charge in [-0.1, -0.05) is 60.7 Å². The third-order valence-corrected chi connectivity index (χ3v) is 8.47. The Hall–Kier alpha value is -4.83. The predicted octanol–water partition coefficient (Wildman–Crippen LogP) is 6.87. The Kier molecular flexibility index (Phi) is 13.9. The molecule has 0 radical (unpaired) electrons. The van der Waals surface area contributed by atoms with Gasteiger partial charge in [-0.3, -0.25) is 15.0 Å². The minimum absolute atomic E-state index is 0.680. The van der Waals surface area contributed by atoms with Crippen molar-refractivity contribution in [3.63, 3.8) is 0 Å². The van der Waals surface area contributed by atoms with Crippen molar-refractivity contribution < 1.29 is 0 Å². The quantitative estimate of drug-likeness (QED) is 0.0745. The predicted molar refractivity (Wildman–Crippen MR) is 217 cm³/mol. The first-order valence-corrected chi connectivity index (χ1v) is 17.9. The monoisotopic (exact) mass is 683 g/mol. The van der Waals surface area contributed by atoms with Crippen molar-refractivity contribution in [3.8, 4) is 28.3 Å². The van der Waals surface area contributed by atoms with E-state index in [9.17, 15) is 0 Å². The van der Waals surface area contributed by atoms with E-state index >= 15 is 0 Å². The zero-order valence-corrected chi connectivity index (χ0v) is 31.2. The Bertz CT molecular complexity index is 1880. The van der Waals surface area contributed by atoms with Crippen molar-refractivity contribution in [2.24, 2.45) is 15.0 Å². The summed E-state index contributed by atoms with van der Waals surface area (Å²) in [6.07, 6.45) is 11.1. The van der Waals surface area contributed by atoms with Gasteiger partial charge in [0.2, 0.25) is 0 Å². The van der Waals surface area contributed by atoms with Gasteiger partial charge in [0, 0.05) is 66.7 Å². The van der Waals surface area contributed by atoms with Crippen molar-refractivity contribution in [1.29, 1.82) is 0 Å². The molecule has 0 aliphatic heterocycles. The first-order valence-electron chi connectivity index (χ1n) is 17.9. The summed E-state index contributed by atoms with van der Waals surface area (Å²) in [6, 6.07) is 27.4. The Labute approximate surface area is 304 Å². The molecule has 3 aromatic carbocycles. The van der Waals surface area contributed by atoms with Gasteiger partial charge in [0.15, 0.2) is 5.82 Å². The van der Waals surface area contributed by atoms with E-state index in [1.54, 1.807) is 0 Å². The van der Waals surface area contributed by atoms with Crippen LogP contribution >= 0.6 is 0 Å². The smallest absolute Gasteiger partial charge is 0.162 e. The summed E-state index contributed by atoms with van der Waals surface area (Å²) in [4.78, 5) is 30.7. The van der Waals surface area contributed by atoms with Crippen LogP contribution in [0.15, 0.2) is 100 Å². The molecule has 0 saturated heterocycles. The molecule has 0 saturated carbocycles. The lowest BCUT2D eigenvalue weighted by Crippen LogP contribution is -2.13. The fraction of sp³-hybridized carbons (Fsp3) is 0.357. The summed E-state index contributed by atoms with van der Waals surface area (Å²) in [5, 5.41) is 0.997. The van der Waals surface area contributed by atoms with E-state index in [0.717, 1.165) is 109 Å². The molecule has 266 valence electrons. The number of hydrogen-bond donors (Lipinski definition) is 0. The number of hydrogen-bond acceptors (Lipinski definition) is 8. The van der Waals surface area contributed by atoms with Crippen molar-refractivity contribution >= 4 is 29.7 Å². The summed E-state index contributed by atoms with van der Waals surface area (Å²) in [7, 11) is 12.5. The molecule has 0 fully saturated rings. The summed E-state index contributed by atoms with van der Waals surface area (Å²) in [5.41, 5.74) is 8.01. The number of benzene rings is 3. The summed E-state index contributed by atoms with van der Waals surface area (Å²) >= 11 is 0. The van der Waals surface area contributed by atoms with Crippen LogP contribution in [0.1, 0.15) is 36.0 Å². The lowest BCUT2D eigenvalue weighted by atomic mass is 10.1. The van der Waals surface area contributed by atoms with Gasteiger partial charge in [-0.2, -0.15) is 0 Å². The highest BCUT2D eigenvalue weighted by Gasteiger charge is 2.16. The molecule has 2 heterocycles. The van der Waals surface area contributed by atoms with Crippen LogP contribution in [0.25, 0.3) is 39.4 Å². The molecule has 0 bridgehead atoms. The fourth-order valence-corrected chi connectivity index (χ4v) is 5.68. The van der Waals surface area contributed by atoms with Crippen LogP contribution in [0, 0.1) is 0 Å². The van der Waals surface area contributed by atoms with E-state index < -0.39 is 0 Å². The maximum Gasteiger partial charge on any atom is 0.162 e. The lowest BCUT2D eigenvalue weighted by Gasteiger charge is -2.11. The molecule has 51 heavy (non-hydrogen) atoms. The zero-order chi connectivity index (χ0) is 36.0. The van der Waals surface area contributed by atoms with Crippen molar-refractivity contribution in [1.82, 2.24) is 29.2 Å². The minimum atomic E-state index is 0.680. The maximum atomic E-state index is 5.17. The largest absolute Gasteiger partial charge is 0.309 e. The van der Waals surface area contributed by atoms with Gasteiger partial charge in [0.1, 0.15) is 5.65 Å². The number of nitrogens with zero attached hydrogens (tertiary/aromatic N) is 9. The molecule has 0 amide bonds. The highest BCUT2D eigenvalue weighted by Crippen LogP contribution is 2.31. The number of aliphatic imine (C=N–C) groups is 3. The van der Waals surface area contributed by atoms with Crippen LogP contribution in [0.3, 0.4) is 0 Å². The van der Waals surface area contributed by atoms with Crippen LogP contribution in [0.2, 0.25) is 0 Å². The molecule has 0 unspecified atom stereocenters. The van der Waals surface area contributed by atoms with Crippen molar-refractivity contribution in [3.05, 3.63) is 102 Å². The summed E-state index contributed by atoms with van der Waals surface area (Å²) in [5.74, 6) is 0.680. The van der Waals surface area contributed by atoms with Gasteiger partial charge in [-0.25, -0.2) is 9.97 Å². The Morgan fingerprint density at radius 2 is 0.961 bits per heavy atom. The standard InChI is InChI=1S/C42H53N9/c1-48(2)26-7-23-43-30-33-10-16-36(17-11-33)40-39-22-29-51(38-20-14-35(15-21-38)32-45-25-9-28-50(5)6)42(39)47-41(46-40)37-18-12-34(13-19-37)31-44-24-8-27-49(3)4/h10-22,29-32H,7-9,23-28H2,1-6H3. The van der Waals surface area contributed by atoms with Gasteiger partial charge < -0.3 is 19.3 Å². The third-order valence-electron chi connectivity index (χ3n) is 8.47. The Morgan fingerprint density at radius 1 is 0.529 bits per heavy atom. The molecule has 9 nitrogen and oxygen atoms in total. The Balaban J connectivity index is 1.43.